The third kappa shape index (κ3) is 1.89. The predicted octanol–water partition coefficient (Wildman–Crippen LogP) is 1.49. The molecule has 0 spiro atoms. The number of nitriles is 1. The molecular formula is C10H8FNO3. The number of rotatable bonds is 2. The van der Waals surface area contributed by atoms with E-state index in [9.17, 15) is 9.18 Å². The molecule has 0 saturated heterocycles. The summed E-state index contributed by atoms with van der Waals surface area (Å²) in [6.45, 7) is 0. The van der Waals surface area contributed by atoms with Gasteiger partial charge in [0.2, 0.25) is 0 Å². The highest BCUT2D eigenvalue weighted by molar-refractivity contribution is 5.95. The van der Waals surface area contributed by atoms with Crippen molar-refractivity contribution in [3.63, 3.8) is 0 Å². The second-order valence-corrected chi connectivity index (χ2v) is 2.61. The Morgan fingerprint density at radius 1 is 1.47 bits per heavy atom. The zero-order valence-corrected chi connectivity index (χ0v) is 8.20. The number of hydrogen-bond acceptors (Lipinski definition) is 4. The lowest BCUT2D eigenvalue weighted by Crippen LogP contribution is -2.08. The molecule has 0 amide bonds. The summed E-state index contributed by atoms with van der Waals surface area (Å²) in [5, 5.41) is 8.74. The topological polar surface area (TPSA) is 59.3 Å². The maximum Gasteiger partial charge on any atom is 0.343 e. The third-order valence-corrected chi connectivity index (χ3v) is 1.82. The highest BCUT2D eigenvalue weighted by Gasteiger charge is 2.21. The predicted molar refractivity (Wildman–Crippen MR) is 49.0 cm³/mol. The fraction of sp³-hybridized carbons (Fsp3) is 0.200. The van der Waals surface area contributed by atoms with Crippen molar-refractivity contribution in [1.82, 2.24) is 0 Å². The van der Waals surface area contributed by atoms with Gasteiger partial charge in [0.05, 0.1) is 19.8 Å². The Balaban J connectivity index is 3.49. The molecule has 1 aromatic rings. The van der Waals surface area contributed by atoms with Crippen LogP contribution in [0, 0.1) is 17.1 Å². The van der Waals surface area contributed by atoms with Gasteiger partial charge in [-0.1, -0.05) is 0 Å². The number of halogens is 1. The van der Waals surface area contributed by atoms with Crippen LogP contribution < -0.4 is 4.74 Å². The first-order valence-corrected chi connectivity index (χ1v) is 4.00. The van der Waals surface area contributed by atoms with E-state index in [0.29, 0.717) is 0 Å². The Bertz CT molecular complexity index is 437. The van der Waals surface area contributed by atoms with Gasteiger partial charge in [-0.2, -0.15) is 5.26 Å². The van der Waals surface area contributed by atoms with E-state index in [0.717, 1.165) is 13.2 Å². The quantitative estimate of drug-likeness (QED) is 0.692. The van der Waals surface area contributed by atoms with Gasteiger partial charge in [0.1, 0.15) is 11.6 Å². The summed E-state index contributed by atoms with van der Waals surface area (Å²) in [7, 11) is 2.36. The minimum Gasteiger partial charge on any atom is -0.493 e. The Hall–Kier alpha value is -2.09. The molecule has 4 nitrogen and oxygen atoms in total. The van der Waals surface area contributed by atoms with Gasteiger partial charge >= 0.3 is 5.97 Å². The second-order valence-electron chi connectivity index (χ2n) is 2.61. The smallest absolute Gasteiger partial charge is 0.343 e. The van der Waals surface area contributed by atoms with Crippen LogP contribution in [-0.4, -0.2) is 20.2 Å². The standard InChI is InChI=1S/C10H8FNO3/c1-14-9-7(11)4-3-6(5-12)8(9)10(13)15-2/h3-4H,1-2H3. The van der Waals surface area contributed by atoms with Crippen molar-refractivity contribution >= 4 is 5.97 Å². The lowest BCUT2D eigenvalue weighted by Gasteiger charge is -2.08. The fourth-order valence-electron chi connectivity index (χ4n) is 1.15. The molecule has 0 bridgehead atoms. The molecule has 0 aromatic heterocycles. The summed E-state index contributed by atoms with van der Waals surface area (Å²) in [6, 6.07) is 4.02. The molecule has 0 N–H and O–H groups in total. The van der Waals surface area contributed by atoms with Crippen LogP contribution >= 0.6 is 0 Å². The van der Waals surface area contributed by atoms with Gasteiger partial charge in [0, 0.05) is 0 Å². The van der Waals surface area contributed by atoms with Crippen molar-refractivity contribution in [3.8, 4) is 11.8 Å². The largest absolute Gasteiger partial charge is 0.493 e. The molecule has 0 aliphatic carbocycles. The summed E-state index contributed by atoms with van der Waals surface area (Å²) in [6.07, 6.45) is 0. The van der Waals surface area contributed by atoms with Crippen LogP contribution in [0.25, 0.3) is 0 Å². The molecule has 1 aromatic carbocycles. The van der Waals surface area contributed by atoms with Gasteiger partial charge in [-0.05, 0) is 12.1 Å². The first-order chi connectivity index (χ1) is 7.15. The van der Waals surface area contributed by atoms with Crippen LogP contribution in [0.3, 0.4) is 0 Å². The van der Waals surface area contributed by atoms with E-state index in [-0.39, 0.29) is 16.9 Å². The molecule has 0 heterocycles. The molecule has 15 heavy (non-hydrogen) atoms. The molecule has 0 atom stereocenters. The monoisotopic (exact) mass is 209 g/mol. The van der Waals surface area contributed by atoms with Crippen molar-refractivity contribution in [3.05, 3.63) is 29.1 Å². The first-order valence-electron chi connectivity index (χ1n) is 4.00. The van der Waals surface area contributed by atoms with E-state index in [1.165, 1.54) is 13.2 Å². The minimum atomic E-state index is -0.803. The Kier molecular flexibility index (Phi) is 3.24. The van der Waals surface area contributed by atoms with E-state index in [1.54, 1.807) is 6.07 Å². The molecule has 0 aliphatic rings. The Morgan fingerprint density at radius 3 is 2.60 bits per heavy atom. The van der Waals surface area contributed by atoms with E-state index in [2.05, 4.69) is 4.74 Å². The van der Waals surface area contributed by atoms with Crippen molar-refractivity contribution in [1.29, 1.82) is 5.26 Å². The van der Waals surface area contributed by atoms with Gasteiger partial charge in [-0.3, -0.25) is 0 Å². The molecule has 5 heteroatoms. The van der Waals surface area contributed by atoms with Crippen LogP contribution in [0.4, 0.5) is 4.39 Å². The first kappa shape index (κ1) is 11.0. The number of benzene rings is 1. The molecule has 0 radical (unpaired) electrons. The SMILES string of the molecule is COC(=O)c1c(C#N)ccc(F)c1OC. The molecular weight excluding hydrogens is 201 g/mol. The Morgan fingerprint density at radius 2 is 2.13 bits per heavy atom. The summed E-state index contributed by atoms with van der Waals surface area (Å²) < 4.78 is 22.4. The molecule has 0 aliphatic heterocycles. The van der Waals surface area contributed by atoms with Crippen molar-refractivity contribution in [2.75, 3.05) is 14.2 Å². The lowest BCUT2D eigenvalue weighted by molar-refractivity contribution is 0.0595. The van der Waals surface area contributed by atoms with Gasteiger partial charge in [-0.15, -0.1) is 0 Å². The van der Waals surface area contributed by atoms with E-state index in [4.69, 9.17) is 10.00 Å². The van der Waals surface area contributed by atoms with Crippen LogP contribution in [-0.2, 0) is 4.74 Å². The maximum absolute atomic E-state index is 13.2. The average Bonchev–Trinajstić information content (AvgIpc) is 2.27. The zero-order chi connectivity index (χ0) is 11.4. The summed E-state index contributed by atoms with van der Waals surface area (Å²) in [5.41, 5.74) is -0.178. The molecule has 0 unspecified atom stereocenters. The van der Waals surface area contributed by atoms with E-state index >= 15 is 0 Å². The summed E-state index contributed by atoms with van der Waals surface area (Å²) >= 11 is 0. The fourth-order valence-corrected chi connectivity index (χ4v) is 1.15. The second kappa shape index (κ2) is 4.42. The van der Waals surface area contributed by atoms with Crippen LogP contribution in [0.1, 0.15) is 15.9 Å². The van der Waals surface area contributed by atoms with Gasteiger partial charge in [0.15, 0.2) is 11.6 Å². The number of carbonyl (C=O) groups is 1. The lowest BCUT2D eigenvalue weighted by atomic mass is 10.1. The van der Waals surface area contributed by atoms with E-state index in [1.807, 2.05) is 0 Å². The third-order valence-electron chi connectivity index (χ3n) is 1.82. The molecule has 78 valence electrons. The van der Waals surface area contributed by atoms with Crippen LogP contribution in [0.5, 0.6) is 5.75 Å². The number of methoxy groups -OCH3 is 2. The number of carbonyl (C=O) groups excluding carboxylic acids is 1. The Labute approximate surface area is 85.8 Å². The van der Waals surface area contributed by atoms with Crippen LogP contribution in [0.15, 0.2) is 12.1 Å². The van der Waals surface area contributed by atoms with Gasteiger partial charge in [0.25, 0.3) is 0 Å². The number of nitrogens with zero attached hydrogens (tertiary/aromatic N) is 1. The average molecular weight is 209 g/mol. The van der Waals surface area contributed by atoms with Gasteiger partial charge < -0.3 is 9.47 Å². The van der Waals surface area contributed by atoms with Crippen molar-refractivity contribution < 1.29 is 18.7 Å². The molecule has 0 saturated carbocycles. The number of hydrogen-bond donors (Lipinski definition) is 0. The minimum absolute atomic E-state index is 0.0140. The van der Waals surface area contributed by atoms with Crippen molar-refractivity contribution in [2.45, 2.75) is 0 Å². The summed E-state index contributed by atoms with van der Waals surface area (Å²) in [5.74, 6) is -1.79. The van der Waals surface area contributed by atoms with Gasteiger partial charge in [-0.25, -0.2) is 9.18 Å². The normalized spacial score (nSPS) is 9.20. The van der Waals surface area contributed by atoms with Crippen molar-refractivity contribution in [2.24, 2.45) is 0 Å². The highest BCUT2D eigenvalue weighted by Crippen LogP contribution is 2.26. The highest BCUT2D eigenvalue weighted by atomic mass is 19.1. The van der Waals surface area contributed by atoms with E-state index < -0.39 is 11.8 Å². The number of ether oxygens (including phenoxy) is 2. The maximum atomic E-state index is 13.2. The number of esters is 1. The molecule has 1 rings (SSSR count). The zero-order valence-electron chi connectivity index (χ0n) is 8.20. The molecule has 0 fully saturated rings. The summed E-state index contributed by atoms with van der Waals surface area (Å²) in [4.78, 5) is 11.3. The van der Waals surface area contributed by atoms with Crippen LogP contribution in [0.2, 0.25) is 0 Å².